The number of aromatic carboxylic acids is 1. The van der Waals surface area contributed by atoms with Gasteiger partial charge in [-0.15, -0.1) is 11.3 Å². The van der Waals surface area contributed by atoms with Crippen LogP contribution in [0.4, 0.5) is 0 Å². The summed E-state index contributed by atoms with van der Waals surface area (Å²) in [5, 5.41) is 9.76. The van der Waals surface area contributed by atoms with Gasteiger partial charge in [0.15, 0.2) is 0 Å². The molecule has 6 nitrogen and oxygen atoms in total. The number of aromatic nitrogens is 1. The van der Waals surface area contributed by atoms with Crippen LogP contribution >= 0.6 is 22.9 Å². The number of sulfonamides is 1. The van der Waals surface area contributed by atoms with Gasteiger partial charge in [0.1, 0.15) is 9.88 Å². The van der Waals surface area contributed by atoms with E-state index in [0.29, 0.717) is 15.7 Å². The molecule has 0 bridgehead atoms. The third-order valence-corrected chi connectivity index (χ3v) is 5.39. The molecule has 9 heteroatoms. The molecule has 0 unspecified atom stereocenters. The number of nitrogens with one attached hydrogen (secondary N) is 1. The molecule has 0 atom stereocenters. The summed E-state index contributed by atoms with van der Waals surface area (Å²) in [6, 6.07) is 5.74. The Morgan fingerprint density at radius 3 is 2.52 bits per heavy atom. The molecule has 0 saturated heterocycles. The van der Waals surface area contributed by atoms with Crippen molar-refractivity contribution in [3.63, 3.8) is 0 Å². The van der Waals surface area contributed by atoms with E-state index >= 15 is 0 Å². The Morgan fingerprint density at radius 1 is 1.38 bits per heavy atom. The van der Waals surface area contributed by atoms with Crippen LogP contribution in [0.15, 0.2) is 29.2 Å². The number of carbonyl (C=O) groups is 1. The van der Waals surface area contributed by atoms with Crippen molar-refractivity contribution < 1.29 is 18.3 Å². The van der Waals surface area contributed by atoms with Gasteiger partial charge in [-0.2, -0.15) is 0 Å². The third-order valence-electron chi connectivity index (χ3n) is 2.57. The van der Waals surface area contributed by atoms with Gasteiger partial charge in [0, 0.05) is 5.02 Å². The first-order valence-corrected chi connectivity index (χ1v) is 8.42. The first-order valence-electron chi connectivity index (χ1n) is 5.74. The average molecular weight is 347 g/mol. The molecule has 0 amide bonds. The van der Waals surface area contributed by atoms with Gasteiger partial charge in [-0.05, 0) is 31.2 Å². The Kier molecular flexibility index (Phi) is 4.62. The highest BCUT2D eigenvalue weighted by molar-refractivity contribution is 7.89. The smallest absolute Gasteiger partial charge is 0.347 e. The fourth-order valence-corrected chi connectivity index (χ4v) is 3.63. The molecule has 1 aromatic heterocycles. The number of thiazole rings is 1. The number of nitrogens with zero attached hydrogens (tertiary/aromatic N) is 1. The van der Waals surface area contributed by atoms with Crippen LogP contribution in [0.25, 0.3) is 0 Å². The molecule has 0 aliphatic rings. The van der Waals surface area contributed by atoms with E-state index in [4.69, 9.17) is 16.7 Å². The second kappa shape index (κ2) is 6.10. The van der Waals surface area contributed by atoms with Crippen molar-refractivity contribution in [3.8, 4) is 0 Å². The molecule has 1 heterocycles. The number of hydrogen-bond donors (Lipinski definition) is 2. The molecule has 0 aliphatic heterocycles. The number of aryl methyl sites for hydroxylation is 1. The Labute approximate surface area is 130 Å². The molecule has 21 heavy (non-hydrogen) atoms. The zero-order valence-corrected chi connectivity index (χ0v) is 13.2. The lowest BCUT2D eigenvalue weighted by Gasteiger charge is -2.05. The average Bonchev–Trinajstić information content (AvgIpc) is 2.79. The van der Waals surface area contributed by atoms with Crippen LogP contribution in [0.1, 0.15) is 20.4 Å². The van der Waals surface area contributed by atoms with Gasteiger partial charge in [0.2, 0.25) is 10.0 Å². The molecule has 2 aromatic rings. The Bertz CT molecular complexity index is 769. The van der Waals surface area contributed by atoms with Crippen molar-refractivity contribution in [2.45, 2.75) is 18.4 Å². The maximum atomic E-state index is 12.0. The molecule has 0 aliphatic carbocycles. The number of carboxylic acid groups (broad SMARTS) is 1. The monoisotopic (exact) mass is 346 g/mol. The minimum atomic E-state index is -3.69. The van der Waals surface area contributed by atoms with E-state index < -0.39 is 16.0 Å². The lowest BCUT2D eigenvalue weighted by Crippen LogP contribution is -2.23. The van der Waals surface area contributed by atoms with Gasteiger partial charge < -0.3 is 5.11 Å². The molecule has 0 saturated carbocycles. The largest absolute Gasteiger partial charge is 0.477 e. The van der Waals surface area contributed by atoms with E-state index in [9.17, 15) is 13.2 Å². The molecular weight excluding hydrogens is 336 g/mol. The van der Waals surface area contributed by atoms with Crippen LogP contribution in [0.2, 0.25) is 5.02 Å². The zero-order valence-electron chi connectivity index (χ0n) is 10.8. The van der Waals surface area contributed by atoms with Crippen LogP contribution in [0.3, 0.4) is 0 Å². The lowest BCUT2D eigenvalue weighted by molar-refractivity contribution is 0.0701. The van der Waals surface area contributed by atoms with E-state index in [0.717, 1.165) is 11.3 Å². The first-order chi connectivity index (χ1) is 9.79. The molecule has 2 N–H and O–H groups in total. The topological polar surface area (TPSA) is 96.4 Å². The second-order valence-corrected chi connectivity index (χ2v) is 7.39. The molecule has 1 aromatic carbocycles. The van der Waals surface area contributed by atoms with E-state index in [-0.39, 0.29) is 16.3 Å². The highest BCUT2D eigenvalue weighted by Gasteiger charge is 2.17. The summed E-state index contributed by atoms with van der Waals surface area (Å²) in [6.07, 6.45) is 0. The van der Waals surface area contributed by atoms with E-state index in [1.165, 1.54) is 24.3 Å². The number of carboxylic acids is 1. The van der Waals surface area contributed by atoms with Gasteiger partial charge in [0.25, 0.3) is 0 Å². The molecular formula is C12H11ClN2O4S2. The van der Waals surface area contributed by atoms with Gasteiger partial charge >= 0.3 is 5.97 Å². The number of benzene rings is 1. The van der Waals surface area contributed by atoms with Crippen molar-refractivity contribution in [1.82, 2.24) is 9.71 Å². The lowest BCUT2D eigenvalue weighted by atomic mass is 10.4. The third kappa shape index (κ3) is 3.79. The maximum absolute atomic E-state index is 12.0. The number of rotatable bonds is 5. The molecule has 0 radical (unpaired) electrons. The van der Waals surface area contributed by atoms with E-state index in [1.807, 2.05) is 0 Å². The molecule has 0 spiro atoms. The fraction of sp³-hybridized carbons (Fsp3) is 0.167. The van der Waals surface area contributed by atoms with Gasteiger partial charge in [-0.25, -0.2) is 22.9 Å². The van der Waals surface area contributed by atoms with Gasteiger partial charge in [-0.1, -0.05) is 11.6 Å². The Balaban J connectivity index is 2.13. The summed E-state index contributed by atoms with van der Waals surface area (Å²) in [5.41, 5.74) is 0.369. The zero-order chi connectivity index (χ0) is 15.6. The van der Waals surface area contributed by atoms with Crippen LogP contribution in [0, 0.1) is 6.92 Å². The minimum absolute atomic E-state index is 0.0657. The molecule has 112 valence electrons. The second-order valence-electron chi connectivity index (χ2n) is 4.11. The number of hydrogen-bond acceptors (Lipinski definition) is 5. The van der Waals surface area contributed by atoms with Gasteiger partial charge in [0.05, 0.1) is 17.1 Å². The first kappa shape index (κ1) is 15.9. The van der Waals surface area contributed by atoms with Crippen LogP contribution < -0.4 is 4.72 Å². The van der Waals surface area contributed by atoms with Gasteiger partial charge in [-0.3, -0.25) is 0 Å². The number of halogens is 1. The van der Waals surface area contributed by atoms with Crippen LogP contribution in [-0.2, 0) is 16.6 Å². The quantitative estimate of drug-likeness (QED) is 0.865. The Morgan fingerprint density at radius 2 is 2.00 bits per heavy atom. The summed E-state index contributed by atoms with van der Waals surface area (Å²) in [6.45, 7) is 1.50. The molecule has 2 rings (SSSR count). The fourth-order valence-electron chi connectivity index (χ4n) is 1.58. The highest BCUT2D eigenvalue weighted by Crippen LogP contribution is 2.19. The normalized spacial score (nSPS) is 11.5. The summed E-state index contributed by atoms with van der Waals surface area (Å²) in [5.74, 6) is -1.07. The van der Waals surface area contributed by atoms with E-state index in [1.54, 1.807) is 6.92 Å². The predicted octanol–water partition coefficient (Wildman–Crippen LogP) is 2.28. The van der Waals surface area contributed by atoms with E-state index in [2.05, 4.69) is 9.71 Å². The summed E-state index contributed by atoms with van der Waals surface area (Å²) < 4.78 is 26.5. The van der Waals surface area contributed by atoms with Crippen molar-refractivity contribution in [2.24, 2.45) is 0 Å². The van der Waals surface area contributed by atoms with Crippen molar-refractivity contribution in [3.05, 3.63) is 44.9 Å². The van der Waals surface area contributed by atoms with Crippen molar-refractivity contribution in [1.29, 1.82) is 0 Å². The van der Waals surface area contributed by atoms with Crippen molar-refractivity contribution in [2.75, 3.05) is 0 Å². The standard InChI is InChI=1S/C12H11ClN2O4S2/c1-7-11(12(16)17)20-10(15-7)6-14-21(18,19)9-4-2-8(13)3-5-9/h2-5,14H,6H2,1H3,(H,16,17). The van der Waals surface area contributed by atoms with Crippen LogP contribution in [-0.4, -0.2) is 24.5 Å². The van der Waals surface area contributed by atoms with Crippen molar-refractivity contribution >= 4 is 38.9 Å². The summed E-state index contributed by atoms with van der Waals surface area (Å²) in [7, 11) is -3.69. The van der Waals surface area contributed by atoms with Crippen LogP contribution in [0.5, 0.6) is 0 Å². The molecule has 0 fully saturated rings. The SMILES string of the molecule is Cc1nc(CNS(=O)(=O)c2ccc(Cl)cc2)sc1C(=O)O. The summed E-state index contributed by atoms with van der Waals surface area (Å²) in [4.78, 5) is 15.1. The minimum Gasteiger partial charge on any atom is -0.477 e. The summed E-state index contributed by atoms with van der Waals surface area (Å²) >= 11 is 6.65. The Hall–Kier alpha value is -1.48. The predicted molar refractivity (Wildman–Crippen MR) is 79.3 cm³/mol. The highest BCUT2D eigenvalue weighted by atomic mass is 35.5. The maximum Gasteiger partial charge on any atom is 0.347 e.